The number of carboxylic acid groups (broad SMARTS) is 1. The van der Waals surface area contributed by atoms with Gasteiger partial charge in [-0.25, -0.2) is 13.9 Å². The molecule has 0 aromatic rings. The van der Waals surface area contributed by atoms with Gasteiger partial charge in [0.05, 0.1) is 0 Å². The summed E-state index contributed by atoms with van der Waals surface area (Å²) in [6.07, 6.45) is -1.03. The van der Waals surface area contributed by atoms with Crippen LogP contribution < -0.4 is 0 Å². The molecule has 0 atom stereocenters. The number of phosphoric ester groups is 1. The van der Waals surface area contributed by atoms with E-state index in [1.165, 1.54) is 6.92 Å². The summed E-state index contributed by atoms with van der Waals surface area (Å²) in [6, 6.07) is 0. The van der Waals surface area contributed by atoms with Crippen molar-refractivity contribution in [1.82, 2.24) is 4.90 Å². The Morgan fingerprint density at radius 1 is 1.38 bits per heavy atom. The lowest BCUT2D eigenvalue weighted by atomic mass is 10.5. The molecular weight excluding hydrogens is 245 g/mol. The molecule has 0 bridgehead atoms. The third-order valence-electron chi connectivity index (χ3n) is 1.37. The lowest BCUT2D eigenvalue weighted by Gasteiger charge is -2.17. The molecular formula is C6H12NO8P. The predicted octanol–water partition coefficient (Wildman–Crippen LogP) is -0.404. The number of hydrogen-bond acceptors (Lipinski definition) is 5. The van der Waals surface area contributed by atoms with Gasteiger partial charge in [-0.05, 0) is 6.92 Å². The van der Waals surface area contributed by atoms with Crippen molar-refractivity contribution in [3.05, 3.63) is 0 Å². The van der Waals surface area contributed by atoms with Gasteiger partial charge in [-0.1, -0.05) is 0 Å². The highest BCUT2D eigenvalue weighted by Crippen LogP contribution is 2.35. The Morgan fingerprint density at radius 3 is 2.31 bits per heavy atom. The predicted molar refractivity (Wildman–Crippen MR) is 49.4 cm³/mol. The second-order valence-corrected chi connectivity index (χ2v) is 3.80. The number of nitrogens with zero attached hydrogens (tertiary/aromatic N) is 1. The molecule has 0 saturated heterocycles. The normalized spacial score (nSPS) is 10.9. The molecule has 0 radical (unpaired) electrons. The second-order valence-electron chi connectivity index (χ2n) is 2.56. The number of amides is 1. The number of carbonyl (C=O) groups is 2. The smallest absolute Gasteiger partial charge is 0.472 e. The largest absolute Gasteiger partial charge is 0.480 e. The highest BCUT2D eigenvalue weighted by atomic mass is 31.2. The molecule has 0 saturated carbocycles. The molecule has 0 aliphatic heterocycles. The van der Waals surface area contributed by atoms with Gasteiger partial charge in [-0.3, -0.25) is 9.69 Å². The molecule has 9 nitrogen and oxygen atoms in total. The van der Waals surface area contributed by atoms with E-state index < -0.39 is 33.2 Å². The summed E-state index contributed by atoms with van der Waals surface area (Å²) in [6.45, 7) is 0.0968. The van der Waals surface area contributed by atoms with Gasteiger partial charge >= 0.3 is 19.9 Å². The van der Waals surface area contributed by atoms with Crippen molar-refractivity contribution in [3.63, 3.8) is 0 Å². The monoisotopic (exact) mass is 257 g/mol. The van der Waals surface area contributed by atoms with E-state index in [4.69, 9.17) is 14.9 Å². The third kappa shape index (κ3) is 7.18. The number of ether oxygens (including phenoxy) is 1. The molecule has 3 N–H and O–H groups in total. The van der Waals surface area contributed by atoms with Crippen molar-refractivity contribution >= 4 is 19.9 Å². The third-order valence-corrected chi connectivity index (χ3v) is 1.81. The second kappa shape index (κ2) is 6.44. The van der Waals surface area contributed by atoms with Gasteiger partial charge in [0.1, 0.15) is 6.54 Å². The van der Waals surface area contributed by atoms with Crippen LogP contribution in [0.3, 0.4) is 0 Å². The molecule has 16 heavy (non-hydrogen) atoms. The number of rotatable bonds is 6. The van der Waals surface area contributed by atoms with Gasteiger partial charge in [-0.2, -0.15) is 0 Å². The molecule has 0 aliphatic carbocycles. The number of carbonyl (C=O) groups excluding carboxylic acids is 1. The Labute approximate surface area is 90.8 Å². The van der Waals surface area contributed by atoms with Crippen LogP contribution in [-0.4, -0.2) is 51.7 Å². The van der Waals surface area contributed by atoms with E-state index in [1.54, 1.807) is 0 Å². The fourth-order valence-electron chi connectivity index (χ4n) is 0.705. The summed E-state index contributed by atoms with van der Waals surface area (Å²) < 4.78 is 18.3. The van der Waals surface area contributed by atoms with Crippen LogP contribution >= 0.6 is 7.82 Å². The number of likely N-dealkylation sites (N-methyl/N-ethyl adjacent to an activating group) is 1. The summed E-state index contributed by atoms with van der Waals surface area (Å²) in [4.78, 5) is 38.8. The van der Waals surface area contributed by atoms with Crippen LogP contribution in [0.5, 0.6) is 0 Å². The summed E-state index contributed by atoms with van der Waals surface area (Å²) in [5.74, 6) is -1.23. The molecule has 10 heteroatoms. The maximum Gasteiger partial charge on any atom is 0.472 e. The molecule has 0 unspecified atom stereocenters. The Bertz CT molecular complexity index is 299. The summed E-state index contributed by atoms with van der Waals surface area (Å²) in [5.41, 5.74) is 0. The van der Waals surface area contributed by atoms with Crippen LogP contribution in [-0.2, 0) is 18.6 Å². The van der Waals surface area contributed by atoms with Crippen molar-refractivity contribution in [1.29, 1.82) is 0 Å². The van der Waals surface area contributed by atoms with Crippen LogP contribution in [0.1, 0.15) is 6.92 Å². The standard InChI is InChI=1S/C6H12NO8P/c1-2-7(3-5(8)9)6(10)14-4-15-16(11,12)13/h2-4H2,1H3,(H,8,9)(H2,11,12,13). The van der Waals surface area contributed by atoms with E-state index in [1.807, 2.05) is 0 Å². The minimum Gasteiger partial charge on any atom is -0.480 e. The minimum absolute atomic E-state index is 0.0844. The summed E-state index contributed by atoms with van der Waals surface area (Å²) in [5, 5.41) is 8.41. The first-order chi connectivity index (χ1) is 7.26. The molecule has 0 heterocycles. The van der Waals surface area contributed by atoms with Crippen molar-refractivity contribution in [3.8, 4) is 0 Å². The highest BCUT2D eigenvalue weighted by molar-refractivity contribution is 7.46. The number of phosphoric acid groups is 1. The van der Waals surface area contributed by atoms with Gasteiger partial charge in [0, 0.05) is 6.54 Å². The Balaban J connectivity index is 4.03. The van der Waals surface area contributed by atoms with E-state index in [0.717, 1.165) is 4.90 Å². The Hall–Kier alpha value is -1.15. The van der Waals surface area contributed by atoms with E-state index in [2.05, 4.69) is 9.26 Å². The highest BCUT2D eigenvalue weighted by Gasteiger charge is 2.19. The number of carboxylic acids is 1. The fraction of sp³-hybridized carbons (Fsp3) is 0.667. The molecule has 0 spiro atoms. The van der Waals surface area contributed by atoms with Crippen LogP contribution in [0.25, 0.3) is 0 Å². The maximum atomic E-state index is 11.1. The molecule has 94 valence electrons. The van der Waals surface area contributed by atoms with Gasteiger partial charge in [-0.15, -0.1) is 0 Å². The fourth-order valence-corrected chi connectivity index (χ4v) is 0.895. The zero-order valence-corrected chi connectivity index (χ0v) is 9.29. The lowest BCUT2D eigenvalue weighted by molar-refractivity contribution is -0.138. The minimum atomic E-state index is -4.70. The van der Waals surface area contributed by atoms with Gasteiger partial charge in [0.2, 0.25) is 6.79 Å². The lowest BCUT2D eigenvalue weighted by Crippen LogP contribution is -2.36. The quantitative estimate of drug-likeness (QED) is 0.432. The first-order valence-corrected chi connectivity index (χ1v) is 5.63. The average molecular weight is 257 g/mol. The summed E-state index contributed by atoms with van der Waals surface area (Å²) >= 11 is 0. The molecule has 0 fully saturated rings. The van der Waals surface area contributed by atoms with Gasteiger partial charge < -0.3 is 19.6 Å². The van der Waals surface area contributed by atoms with Gasteiger partial charge in [0.15, 0.2) is 0 Å². The zero-order chi connectivity index (χ0) is 12.8. The van der Waals surface area contributed by atoms with Crippen LogP contribution in [0.15, 0.2) is 0 Å². The van der Waals surface area contributed by atoms with Crippen molar-refractivity contribution in [2.75, 3.05) is 19.9 Å². The van der Waals surface area contributed by atoms with Gasteiger partial charge in [0.25, 0.3) is 0 Å². The van der Waals surface area contributed by atoms with Crippen LogP contribution in [0.2, 0.25) is 0 Å². The first kappa shape index (κ1) is 14.8. The maximum absolute atomic E-state index is 11.1. The van der Waals surface area contributed by atoms with Crippen molar-refractivity contribution in [2.24, 2.45) is 0 Å². The average Bonchev–Trinajstić information content (AvgIpc) is 2.11. The first-order valence-electron chi connectivity index (χ1n) is 4.10. The summed E-state index contributed by atoms with van der Waals surface area (Å²) in [7, 11) is -4.70. The zero-order valence-electron chi connectivity index (χ0n) is 8.40. The molecule has 1 amide bonds. The van der Waals surface area contributed by atoms with Crippen molar-refractivity contribution < 1.29 is 38.3 Å². The van der Waals surface area contributed by atoms with E-state index in [9.17, 15) is 14.2 Å². The number of hydrogen-bond donors (Lipinski definition) is 3. The van der Waals surface area contributed by atoms with E-state index in [0.29, 0.717) is 0 Å². The van der Waals surface area contributed by atoms with E-state index in [-0.39, 0.29) is 6.54 Å². The molecule has 0 aromatic heterocycles. The Kier molecular flexibility index (Phi) is 5.97. The molecule has 0 aliphatic rings. The van der Waals surface area contributed by atoms with E-state index >= 15 is 0 Å². The Morgan fingerprint density at radius 2 is 1.94 bits per heavy atom. The SMILES string of the molecule is CCN(CC(=O)O)C(=O)OCOP(=O)(O)O. The van der Waals surface area contributed by atoms with Crippen LogP contribution in [0, 0.1) is 0 Å². The molecule has 0 rings (SSSR count). The van der Waals surface area contributed by atoms with Crippen molar-refractivity contribution in [2.45, 2.75) is 6.92 Å². The molecule has 0 aromatic carbocycles. The van der Waals surface area contributed by atoms with Crippen LogP contribution in [0.4, 0.5) is 4.79 Å². The number of aliphatic carboxylic acids is 1. The topological polar surface area (TPSA) is 134 Å².